The molecule has 1 aromatic carbocycles. The van der Waals surface area contributed by atoms with Gasteiger partial charge in [-0.15, -0.1) is 0 Å². The minimum atomic E-state index is -0.0872. The summed E-state index contributed by atoms with van der Waals surface area (Å²) in [6.45, 7) is 5.23. The van der Waals surface area contributed by atoms with E-state index in [1.165, 1.54) is 24.0 Å². The molecule has 2 rings (SSSR count). The van der Waals surface area contributed by atoms with E-state index in [0.29, 0.717) is 18.9 Å². The summed E-state index contributed by atoms with van der Waals surface area (Å²) in [5.41, 5.74) is 2.54. The Balaban J connectivity index is 1.83. The summed E-state index contributed by atoms with van der Waals surface area (Å²) in [6, 6.07) is 8.77. The highest BCUT2D eigenvalue weighted by atomic mass is 16.5. The lowest BCUT2D eigenvalue weighted by Crippen LogP contribution is -2.33. The van der Waals surface area contributed by atoms with Gasteiger partial charge in [0.05, 0.1) is 13.0 Å². The second kappa shape index (κ2) is 6.71. The highest BCUT2D eigenvalue weighted by Gasteiger charge is 2.32. The maximum Gasteiger partial charge on any atom is 0.307 e. The fourth-order valence-corrected chi connectivity index (χ4v) is 2.26. The van der Waals surface area contributed by atoms with Crippen molar-refractivity contribution in [1.29, 1.82) is 0 Å². The topological polar surface area (TPSA) is 38.3 Å². The summed E-state index contributed by atoms with van der Waals surface area (Å²) in [5, 5.41) is 3.51. The first kappa shape index (κ1) is 14.1. The first-order chi connectivity index (χ1) is 9.19. The van der Waals surface area contributed by atoms with E-state index < -0.39 is 0 Å². The van der Waals surface area contributed by atoms with Crippen molar-refractivity contribution in [2.24, 2.45) is 5.92 Å². The van der Waals surface area contributed by atoms with Gasteiger partial charge in [-0.3, -0.25) is 4.79 Å². The van der Waals surface area contributed by atoms with Crippen LogP contribution in [0.5, 0.6) is 0 Å². The van der Waals surface area contributed by atoms with Crippen molar-refractivity contribution in [3.63, 3.8) is 0 Å². The number of rotatable bonds is 7. The molecule has 1 unspecified atom stereocenters. The Labute approximate surface area is 115 Å². The normalized spacial score (nSPS) is 16.1. The van der Waals surface area contributed by atoms with E-state index in [1.807, 2.05) is 6.92 Å². The van der Waals surface area contributed by atoms with Gasteiger partial charge in [-0.2, -0.15) is 0 Å². The lowest BCUT2D eigenvalue weighted by molar-refractivity contribution is -0.143. The van der Waals surface area contributed by atoms with Crippen LogP contribution in [0.2, 0.25) is 0 Å². The SMILES string of the molecule is CCOC(=O)CC(NCc1ccc(C)cc1)C1CC1. The van der Waals surface area contributed by atoms with Crippen LogP contribution in [-0.4, -0.2) is 18.6 Å². The maximum absolute atomic E-state index is 11.6. The molecule has 1 aromatic rings. The first-order valence-electron chi connectivity index (χ1n) is 7.13. The van der Waals surface area contributed by atoms with Gasteiger partial charge in [0.25, 0.3) is 0 Å². The minimum absolute atomic E-state index is 0.0872. The molecule has 19 heavy (non-hydrogen) atoms. The van der Waals surface area contributed by atoms with Crippen LogP contribution in [-0.2, 0) is 16.1 Å². The Kier molecular flexibility index (Phi) is 4.97. The van der Waals surface area contributed by atoms with Crippen molar-refractivity contribution in [2.45, 2.75) is 45.7 Å². The highest BCUT2D eigenvalue weighted by molar-refractivity contribution is 5.70. The molecule has 0 spiro atoms. The second-order valence-corrected chi connectivity index (χ2v) is 5.32. The zero-order chi connectivity index (χ0) is 13.7. The Bertz CT molecular complexity index is 409. The van der Waals surface area contributed by atoms with Gasteiger partial charge in [-0.05, 0) is 38.2 Å². The van der Waals surface area contributed by atoms with E-state index in [2.05, 4.69) is 36.5 Å². The fourth-order valence-electron chi connectivity index (χ4n) is 2.26. The van der Waals surface area contributed by atoms with Gasteiger partial charge >= 0.3 is 5.97 Å². The summed E-state index contributed by atoms with van der Waals surface area (Å²) in [6.07, 6.45) is 2.94. The Morgan fingerprint density at radius 1 is 1.37 bits per heavy atom. The third-order valence-corrected chi connectivity index (χ3v) is 3.57. The van der Waals surface area contributed by atoms with Crippen molar-refractivity contribution in [1.82, 2.24) is 5.32 Å². The van der Waals surface area contributed by atoms with Crippen molar-refractivity contribution in [3.05, 3.63) is 35.4 Å². The number of hydrogen-bond acceptors (Lipinski definition) is 3. The molecule has 1 aliphatic carbocycles. The highest BCUT2D eigenvalue weighted by Crippen LogP contribution is 2.34. The molecule has 0 amide bonds. The number of carbonyl (C=O) groups is 1. The average Bonchev–Trinajstić information content (AvgIpc) is 3.21. The van der Waals surface area contributed by atoms with Crippen LogP contribution >= 0.6 is 0 Å². The number of hydrogen-bond donors (Lipinski definition) is 1. The zero-order valence-electron chi connectivity index (χ0n) is 11.8. The number of benzene rings is 1. The number of carbonyl (C=O) groups excluding carboxylic acids is 1. The predicted octanol–water partition coefficient (Wildman–Crippen LogP) is 2.82. The molecule has 0 bridgehead atoms. The van der Waals surface area contributed by atoms with Gasteiger partial charge in [0.1, 0.15) is 0 Å². The predicted molar refractivity (Wildman–Crippen MR) is 75.8 cm³/mol. The minimum Gasteiger partial charge on any atom is -0.466 e. The molecule has 3 heteroatoms. The first-order valence-corrected chi connectivity index (χ1v) is 7.13. The van der Waals surface area contributed by atoms with Gasteiger partial charge in [0.15, 0.2) is 0 Å². The van der Waals surface area contributed by atoms with E-state index in [-0.39, 0.29) is 12.0 Å². The molecule has 1 atom stereocenters. The molecule has 3 nitrogen and oxygen atoms in total. The molecule has 0 heterocycles. The monoisotopic (exact) mass is 261 g/mol. The van der Waals surface area contributed by atoms with Gasteiger partial charge in [0.2, 0.25) is 0 Å². The van der Waals surface area contributed by atoms with E-state index in [9.17, 15) is 4.79 Å². The molecule has 1 N–H and O–H groups in total. The summed E-state index contributed by atoms with van der Waals surface area (Å²) >= 11 is 0. The number of esters is 1. The van der Waals surface area contributed by atoms with E-state index in [1.54, 1.807) is 0 Å². The van der Waals surface area contributed by atoms with Crippen LogP contribution in [0.4, 0.5) is 0 Å². The van der Waals surface area contributed by atoms with Crippen LogP contribution in [0.1, 0.15) is 37.3 Å². The molecule has 0 radical (unpaired) electrons. The van der Waals surface area contributed by atoms with Crippen LogP contribution in [0.3, 0.4) is 0 Å². The average molecular weight is 261 g/mol. The van der Waals surface area contributed by atoms with E-state index in [4.69, 9.17) is 4.74 Å². The van der Waals surface area contributed by atoms with Gasteiger partial charge in [-0.1, -0.05) is 29.8 Å². The summed E-state index contributed by atoms with van der Waals surface area (Å²) in [4.78, 5) is 11.6. The van der Waals surface area contributed by atoms with Crippen LogP contribution < -0.4 is 5.32 Å². The summed E-state index contributed by atoms with van der Waals surface area (Å²) < 4.78 is 5.04. The maximum atomic E-state index is 11.6. The molecule has 0 aromatic heterocycles. The molecule has 1 saturated carbocycles. The Morgan fingerprint density at radius 3 is 2.63 bits per heavy atom. The fraction of sp³-hybridized carbons (Fsp3) is 0.562. The third kappa shape index (κ3) is 4.67. The smallest absolute Gasteiger partial charge is 0.307 e. The van der Waals surface area contributed by atoms with Crippen molar-refractivity contribution in [2.75, 3.05) is 6.61 Å². The third-order valence-electron chi connectivity index (χ3n) is 3.57. The Morgan fingerprint density at radius 2 is 2.05 bits per heavy atom. The molecule has 1 aliphatic rings. The molecule has 1 fully saturated rings. The van der Waals surface area contributed by atoms with Gasteiger partial charge in [-0.25, -0.2) is 0 Å². The largest absolute Gasteiger partial charge is 0.466 e. The number of nitrogens with one attached hydrogen (secondary N) is 1. The number of aryl methyl sites for hydroxylation is 1. The lowest BCUT2D eigenvalue weighted by Gasteiger charge is -2.17. The summed E-state index contributed by atoms with van der Waals surface area (Å²) in [7, 11) is 0. The molecule has 104 valence electrons. The molecular weight excluding hydrogens is 238 g/mol. The van der Waals surface area contributed by atoms with E-state index in [0.717, 1.165) is 6.54 Å². The van der Waals surface area contributed by atoms with Crippen molar-refractivity contribution in [3.8, 4) is 0 Å². The molecule has 0 aliphatic heterocycles. The standard InChI is InChI=1S/C16H23NO2/c1-3-19-16(18)10-15(14-8-9-14)17-11-13-6-4-12(2)5-7-13/h4-7,14-15,17H,3,8-11H2,1-2H3. The van der Waals surface area contributed by atoms with Crippen LogP contribution in [0.15, 0.2) is 24.3 Å². The molecular formula is C16H23NO2. The van der Waals surface area contributed by atoms with Crippen molar-refractivity contribution >= 4 is 5.97 Å². The number of ether oxygens (including phenoxy) is 1. The summed E-state index contributed by atoms with van der Waals surface area (Å²) in [5.74, 6) is 0.561. The quantitative estimate of drug-likeness (QED) is 0.767. The van der Waals surface area contributed by atoms with Gasteiger partial charge < -0.3 is 10.1 Å². The second-order valence-electron chi connectivity index (χ2n) is 5.32. The zero-order valence-corrected chi connectivity index (χ0v) is 11.8. The van der Waals surface area contributed by atoms with E-state index >= 15 is 0 Å². The van der Waals surface area contributed by atoms with Gasteiger partial charge in [0, 0.05) is 12.6 Å². The Hall–Kier alpha value is -1.35. The van der Waals surface area contributed by atoms with Crippen LogP contribution in [0, 0.1) is 12.8 Å². The lowest BCUT2D eigenvalue weighted by atomic mass is 10.1. The van der Waals surface area contributed by atoms with Crippen LogP contribution in [0.25, 0.3) is 0 Å². The molecule has 0 saturated heterocycles. The van der Waals surface area contributed by atoms with Crippen molar-refractivity contribution < 1.29 is 9.53 Å².